The van der Waals surface area contributed by atoms with E-state index >= 15 is 0 Å². The summed E-state index contributed by atoms with van der Waals surface area (Å²) in [5.74, 6) is -0.458. The molecule has 0 unspecified atom stereocenters. The molecule has 0 heterocycles. The van der Waals surface area contributed by atoms with Crippen molar-refractivity contribution < 1.29 is 10.0 Å². The van der Waals surface area contributed by atoms with Gasteiger partial charge < -0.3 is 0 Å². The van der Waals surface area contributed by atoms with Crippen molar-refractivity contribution in [1.29, 1.82) is 0 Å². The second-order valence-corrected chi connectivity index (χ2v) is 5.11. The SMILES string of the molecule is CCCCc1c(Cl)ccc(C(=O)NO)c1CCCC. The molecular formula is C15H22ClNO2. The lowest BCUT2D eigenvalue weighted by Gasteiger charge is -2.15. The molecule has 19 heavy (non-hydrogen) atoms. The van der Waals surface area contributed by atoms with Crippen molar-refractivity contribution >= 4 is 17.5 Å². The van der Waals surface area contributed by atoms with Crippen LogP contribution < -0.4 is 5.48 Å². The zero-order chi connectivity index (χ0) is 14.3. The van der Waals surface area contributed by atoms with E-state index in [-0.39, 0.29) is 0 Å². The Morgan fingerprint density at radius 2 is 1.74 bits per heavy atom. The molecule has 0 saturated carbocycles. The number of halogens is 1. The third-order valence-corrected chi connectivity index (χ3v) is 3.63. The number of carbonyl (C=O) groups is 1. The summed E-state index contributed by atoms with van der Waals surface area (Å²) >= 11 is 6.27. The van der Waals surface area contributed by atoms with Crippen LogP contribution in [0.3, 0.4) is 0 Å². The predicted octanol–water partition coefficient (Wildman–Crippen LogP) is 4.14. The average Bonchev–Trinajstić information content (AvgIpc) is 2.43. The predicted molar refractivity (Wildman–Crippen MR) is 77.9 cm³/mol. The van der Waals surface area contributed by atoms with Crippen LogP contribution >= 0.6 is 11.6 Å². The molecule has 1 amide bonds. The zero-order valence-corrected chi connectivity index (χ0v) is 12.4. The number of nitrogens with one attached hydrogen (secondary N) is 1. The van der Waals surface area contributed by atoms with Gasteiger partial charge in [-0.2, -0.15) is 0 Å². The first kappa shape index (κ1) is 16.0. The van der Waals surface area contributed by atoms with Gasteiger partial charge in [-0.15, -0.1) is 0 Å². The average molecular weight is 284 g/mol. The summed E-state index contributed by atoms with van der Waals surface area (Å²) in [7, 11) is 0. The van der Waals surface area contributed by atoms with E-state index < -0.39 is 5.91 Å². The van der Waals surface area contributed by atoms with Crippen LogP contribution in [0.15, 0.2) is 12.1 Å². The van der Waals surface area contributed by atoms with E-state index in [9.17, 15) is 4.79 Å². The van der Waals surface area contributed by atoms with Crippen molar-refractivity contribution in [2.24, 2.45) is 0 Å². The highest BCUT2D eigenvalue weighted by Crippen LogP contribution is 2.27. The van der Waals surface area contributed by atoms with E-state index in [2.05, 4.69) is 13.8 Å². The minimum Gasteiger partial charge on any atom is -0.288 e. The van der Waals surface area contributed by atoms with Crippen LogP contribution in [0.1, 0.15) is 61.0 Å². The maximum atomic E-state index is 11.7. The molecule has 0 atom stereocenters. The fourth-order valence-electron chi connectivity index (χ4n) is 2.20. The Hall–Kier alpha value is -1.06. The number of hydrogen-bond donors (Lipinski definition) is 2. The quantitative estimate of drug-likeness (QED) is 0.583. The molecular weight excluding hydrogens is 262 g/mol. The minimum absolute atomic E-state index is 0.458. The monoisotopic (exact) mass is 283 g/mol. The Labute approximate surface area is 119 Å². The number of unbranched alkanes of at least 4 members (excludes halogenated alkanes) is 2. The molecule has 4 heteroatoms. The number of hydroxylamine groups is 1. The Kier molecular flexibility index (Phi) is 6.89. The summed E-state index contributed by atoms with van der Waals surface area (Å²) in [5.41, 5.74) is 4.29. The van der Waals surface area contributed by atoms with E-state index in [1.807, 2.05) is 0 Å². The van der Waals surface area contributed by atoms with E-state index in [1.54, 1.807) is 17.6 Å². The molecule has 0 bridgehead atoms. The van der Waals surface area contributed by atoms with E-state index in [4.69, 9.17) is 16.8 Å². The van der Waals surface area contributed by atoms with Crippen molar-refractivity contribution in [3.63, 3.8) is 0 Å². The number of hydrogen-bond acceptors (Lipinski definition) is 2. The van der Waals surface area contributed by atoms with Crippen molar-refractivity contribution in [2.75, 3.05) is 0 Å². The molecule has 1 aromatic carbocycles. The fourth-order valence-corrected chi connectivity index (χ4v) is 2.47. The lowest BCUT2D eigenvalue weighted by Crippen LogP contribution is -2.21. The molecule has 0 aliphatic heterocycles. The number of amides is 1. The van der Waals surface area contributed by atoms with Crippen LogP contribution in [0.25, 0.3) is 0 Å². The van der Waals surface area contributed by atoms with Gasteiger partial charge in [-0.05, 0) is 48.9 Å². The largest absolute Gasteiger partial charge is 0.288 e. The minimum atomic E-state index is -0.458. The van der Waals surface area contributed by atoms with Gasteiger partial charge in [0.1, 0.15) is 0 Å². The lowest BCUT2D eigenvalue weighted by molar-refractivity contribution is 0.0705. The molecule has 3 nitrogen and oxygen atoms in total. The molecule has 0 spiro atoms. The first-order valence-electron chi connectivity index (χ1n) is 6.90. The first-order chi connectivity index (χ1) is 9.15. The summed E-state index contributed by atoms with van der Waals surface area (Å²) in [4.78, 5) is 11.7. The van der Waals surface area contributed by atoms with Crippen LogP contribution in [-0.4, -0.2) is 11.1 Å². The lowest BCUT2D eigenvalue weighted by atomic mass is 9.93. The van der Waals surface area contributed by atoms with Crippen LogP contribution in [0.4, 0.5) is 0 Å². The van der Waals surface area contributed by atoms with Gasteiger partial charge in [-0.25, -0.2) is 5.48 Å². The molecule has 0 aliphatic rings. The van der Waals surface area contributed by atoms with Crippen molar-refractivity contribution in [1.82, 2.24) is 5.48 Å². The fraction of sp³-hybridized carbons (Fsp3) is 0.533. The standard InChI is InChI=1S/C15H22ClNO2/c1-3-5-7-11-12(8-6-4-2)14(16)10-9-13(11)15(18)17-19/h9-10,19H,3-8H2,1-2H3,(H,17,18). The van der Waals surface area contributed by atoms with Gasteiger partial charge >= 0.3 is 0 Å². The van der Waals surface area contributed by atoms with Crippen LogP contribution in [-0.2, 0) is 12.8 Å². The summed E-state index contributed by atoms with van der Waals surface area (Å²) in [6.07, 6.45) is 5.88. The molecule has 0 saturated heterocycles. The summed E-state index contributed by atoms with van der Waals surface area (Å²) in [6.45, 7) is 4.24. The molecule has 0 aliphatic carbocycles. The topological polar surface area (TPSA) is 49.3 Å². The van der Waals surface area contributed by atoms with Crippen LogP contribution in [0, 0.1) is 0 Å². The van der Waals surface area contributed by atoms with Crippen molar-refractivity contribution in [3.8, 4) is 0 Å². The molecule has 0 radical (unpaired) electrons. The van der Waals surface area contributed by atoms with E-state index in [0.29, 0.717) is 10.6 Å². The highest BCUT2D eigenvalue weighted by atomic mass is 35.5. The third-order valence-electron chi connectivity index (χ3n) is 3.28. The maximum Gasteiger partial charge on any atom is 0.274 e. The second kappa shape index (κ2) is 8.18. The second-order valence-electron chi connectivity index (χ2n) is 4.70. The van der Waals surface area contributed by atoms with Gasteiger partial charge in [0.15, 0.2) is 0 Å². The van der Waals surface area contributed by atoms with Crippen molar-refractivity contribution in [2.45, 2.75) is 52.4 Å². The summed E-state index contributed by atoms with van der Waals surface area (Å²) < 4.78 is 0. The molecule has 106 valence electrons. The van der Waals surface area contributed by atoms with Gasteiger partial charge in [0.2, 0.25) is 0 Å². The van der Waals surface area contributed by atoms with Crippen molar-refractivity contribution in [3.05, 3.63) is 33.8 Å². The molecule has 0 fully saturated rings. The summed E-state index contributed by atoms with van der Waals surface area (Å²) in [5, 5.41) is 9.56. The van der Waals surface area contributed by atoms with Gasteiger partial charge in [0.25, 0.3) is 5.91 Å². The first-order valence-corrected chi connectivity index (χ1v) is 7.28. The van der Waals surface area contributed by atoms with Gasteiger partial charge in [-0.1, -0.05) is 38.3 Å². The number of carbonyl (C=O) groups excluding carboxylic acids is 1. The van der Waals surface area contributed by atoms with E-state index in [0.717, 1.165) is 49.7 Å². The van der Waals surface area contributed by atoms with Gasteiger partial charge in [0.05, 0.1) is 0 Å². The highest BCUT2D eigenvalue weighted by Gasteiger charge is 2.16. The van der Waals surface area contributed by atoms with Crippen LogP contribution in [0.5, 0.6) is 0 Å². The molecule has 0 aromatic heterocycles. The highest BCUT2D eigenvalue weighted by molar-refractivity contribution is 6.31. The molecule has 2 N–H and O–H groups in total. The smallest absolute Gasteiger partial charge is 0.274 e. The Bertz CT molecular complexity index is 432. The normalized spacial score (nSPS) is 10.5. The number of rotatable bonds is 7. The Balaban J connectivity index is 3.19. The number of benzene rings is 1. The van der Waals surface area contributed by atoms with Gasteiger partial charge in [-0.3, -0.25) is 10.0 Å². The summed E-state index contributed by atoms with van der Waals surface area (Å²) in [6, 6.07) is 3.43. The van der Waals surface area contributed by atoms with Crippen LogP contribution in [0.2, 0.25) is 5.02 Å². The third kappa shape index (κ3) is 4.22. The Morgan fingerprint density at radius 1 is 1.16 bits per heavy atom. The Morgan fingerprint density at radius 3 is 2.26 bits per heavy atom. The zero-order valence-electron chi connectivity index (χ0n) is 11.6. The maximum absolute atomic E-state index is 11.7. The molecule has 1 rings (SSSR count). The van der Waals surface area contributed by atoms with E-state index in [1.165, 1.54) is 0 Å². The van der Waals surface area contributed by atoms with Gasteiger partial charge in [0, 0.05) is 10.6 Å². The molecule has 1 aromatic rings.